The van der Waals surface area contributed by atoms with Crippen molar-refractivity contribution in [3.63, 3.8) is 0 Å². The van der Waals surface area contributed by atoms with E-state index in [2.05, 4.69) is 5.10 Å². The van der Waals surface area contributed by atoms with Crippen molar-refractivity contribution in [3.8, 4) is 5.69 Å². The van der Waals surface area contributed by atoms with E-state index in [1.165, 1.54) is 10.7 Å². The number of nitrogens with one attached hydrogen (secondary N) is 1. The van der Waals surface area contributed by atoms with E-state index in [0.29, 0.717) is 29.7 Å². The summed E-state index contributed by atoms with van der Waals surface area (Å²) in [5.41, 5.74) is 2.70. The Morgan fingerprint density at radius 2 is 1.96 bits per heavy atom. The van der Waals surface area contributed by atoms with Gasteiger partial charge < -0.3 is 9.30 Å². The van der Waals surface area contributed by atoms with Crippen LogP contribution in [0.3, 0.4) is 0 Å². The zero-order valence-electron chi connectivity index (χ0n) is 13.4. The van der Waals surface area contributed by atoms with E-state index < -0.39 is 0 Å². The molecule has 6 nitrogen and oxygen atoms in total. The number of ether oxygens (including phenoxy) is 1. The number of methoxy groups -OCH3 is 1. The number of nitrogens with zero attached hydrogens (tertiary/aromatic N) is 2. The third-order valence-corrected chi connectivity index (χ3v) is 4.00. The molecule has 1 N–H and O–H groups in total. The van der Waals surface area contributed by atoms with Crippen LogP contribution >= 0.6 is 0 Å². The zero-order chi connectivity index (χ0) is 16.6. The molecule has 0 saturated heterocycles. The highest BCUT2D eigenvalue weighted by Crippen LogP contribution is 2.14. The molecule has 0 aliphatic carbocycles. The van der Waals surface area contributed by atoms with Gasteiger partial charge in [0.15, 0.2) is 0 Å². The number of rotatable bonds is 4. The standard InChI is InChI=1S/C17H19N3O3/c1-11-5-4-6-13(9-11)20-17(22)16-12(2)19(7-8-23-3)15(21)10-14(16)18-20/h4-6,9-10,18H,7-8H2,1-3H3. The molecular formula is C17H19N3O3. The lowest BCUT2D eigenvalue weighted by Gasteiger charge is -2.08. The summed E-state index contributed by atoms with van der Waals surface area (Å²) < 4.78 is 8.08. The maximum absolute atomic E-state index is 12.8. The van der Waals surface area contributed by atoms with Crippen molar-refractivity contribution in [1.82, 2.24) is 14.3 Å². The smallest absolute Gasteiger partial charge is 0.280 e. The topological polar surface area (TPSA) is 69.0 Å². The molecule has 1 aromatic carbocycles. The number of benzene rings is 1. The number of aryl methyl sites for hydroxylation is 2. The van der Waals surface area contributed by atoms with Crippen LogP contribution in [0.5, 0.6) is 0 Å². The van der Waals surface area contributed by atoms with E-state index in [0.717, 1.165) is 11.3 Å². The zero-order valence-corrected chi connectivity index (χ0v) is 13.4. The largest absolute Gasteiger partial charge is 0.383 e. The average Bonchev–Trinajstić information content (AvgIpc) is 2.84. The molecule has 0 saturated carbocycles. The van der Waals surface area contributed by atoms with Gasteiger partial charge in [-0.3, -0.25) is 14.7 Å². The Morgan fingerprint density at radius 3 is 2.65 bits per heavy atom. The molecule has 0 bridgehead atoms. The SMILES string of the molecule is COCCn1c(C)c2c(=O)n(-c3cccc(C)c3)[nH]c2cc1=O. The van der Waals surface area contributed by atoms with Gasteiger partial charge in [-0.05, 0) is 31.5 Å². The molecule has 3 aromatic rings. The monoisotopic (exact) mass is 313 g/mol. The molecule has 0 unspecified atom stereocenters. The molecule has 0 atom stereocenters. The first-order valence-electron chi connectivity index (χ1n) is 7.44. The lowest BCUT2D eigenvalue weighted by Crippen LogP contribution is -2.25. The molecular weight excluding hydrogens is 294 g/mol. The van der Waals surface area contributed by atoms with Crippen LogP contribution in [0.4, 0.5) is 0 Å². The maximum Gasteiger partial charge on any atom is 0.280 e. The summed E-state index contributed by atoms with van der Waals surface area (Å²) in [6.45, 7) is 4.60. The van der Waals surface area contributed by atoms with Crippen molar-refractivity contribution in [2.45, 2.75) is 20.4 Å². The normalized spacial score (nSPS) is 11.3. The minimum absolute atomic E-state index is 0.148. The van der Waals surface area contributed by atoms with Gasteiger partial charge in [0.1, 0.15) is 0 Å². The van der Waals surface area contributed by atoms with Gasteiger partial charge in [0.05, 0.1) is 23.2 Å². The summed E-state index contributed by atoms with van der Waals surface area (Å²) >= 11 is 0. The van der Waals surface area contributed by atoms with Gasteiger partial charge in [0, 0.05) is 25.4 Å². The molecule has 2 heterocycles. The van der Waals surface area contributed by atoms with Crippen LogP contribution in [0.15, 0.2) is 39.9 Å². The van der Waals surface area contributed by atoms with Crippen LogP contribution in [0.1, 0.15) is 11.3 Å². The molecule has 2 aromatic heterocycles. The first-order valence-corrected chi connectivity index (χ1v) is 7.44. The van der Waals surface area contributed by atoms with Crippen molar-refractivity contribution in [1.29, 1.82) is 0 Å². The summed E-state index contributed by atoms with van der Waals surface area (Å²) in [7, 11) is 1.58. The van der Waals surface area contributed by atoms with Gasteiger partial charge in [-0.2, -0.15) is 0 Å². The predicted octanol–water partition coefficient (Wildman–Crippen LogP) is 1.74. The van der Waals surface area contributed by atoms with E-state index >= 15 is 0 Å². The predicted molar refractivity (Wildman–Crippen MR) is 89.5 cm³/mol. The number of aromatic amines is 1. The molecule has 0 fully saturated rings. The summed E-state index contributed by atoms with van der Waals surface area (Å²) in [4.78, 5) is 25.0. The van der Waals surface area contributed by atoms with Crippen molar-refractivity contribution < 1.29 is 4.74 Å². The van der Waals surface area contributed by atoms with Crippen LogP contribution in [0, 0.1) is 13.8 Å². The van der Waals surface area contributed by atoms with E-state index in [-0.39, 0.29) is 11.1 Å². The van der Waals surface area contributed by atoms with Crippen LogP contribution < -0.4 is 11.1 Å². The quantitative estimate of drug-likeness (QED) is 0.798. The van der Waals surface area contributed by atoms with Crippen molar-refractivity contribution in [2.24, 2.45) is 0 Å². The van der Waals surface area contributed by atoms with Gasteiger partial charge in [-0.15, -0.1) is 0 Å². The first-order chi connectivity index (χ1) is 11.0. The van der Waals surface area contributed by atoms with Crippen molar-refractivity contribution in [2.75, 3.05) is 13.7 Å². The Hall–Kier alpha value is -2.60. The minimum Gasteiger partial charge on any atom is -0.383 e. The summed E-state index contributed by atoms with van der Waals surface area (Å²) in [6.07, 6.45) is 0. The number of aromatic nitrogens is 3. The molecule has 0 amide bonds. The molecule has 120 valence electrons. The molecule has 6 heteroatoms. The molecule has 0 aliphatic heterocycles. The van der Waals surface area contributed by atoms with Crippen LogP contribution in [-0.4, -0.2) is 28.1 Å². The lowest BCUT2D eigenvalue weighted by molar-refractivity contribution is 0.185. The highest BCUT2D eigenvalue weighted by molar-refractivity contribution is 5.80. The fraction of sp³-hybridized carbons (Fsp3) is 0.294. The van der Waals surface area contributed by atoms with E-state index in [9.17, 15) is 9.59 Å². The van der Waals surface area contributed by atoms with Gasteiger partial charge >= 0.3 is 0 Å². The number of fused-ring (bicyclic) bond motifs is 1. The van der Waals surface area contributed by atoms with Gasteiger partial charge in [0.25, 0.3) is 11.1 Å². The second-order valence-corrected chi connectivity index (χ2v) is 5.59. The Morgan fingerprint density at radius 1 is 1.17 bits per heavy atom. The Bertz CT molecular complexity index is 979. The molecule has 3 rings (SSSR count). The van der Waals surface area contributed by atoms with E-state index in [1.807, 2.05) is 31.2 Å². The fourth-order valence-electron chi connectivity index (χ4n) is 2.82. The lowest BCUT2D eigenvalue weighted by atomic mass is 10.2. The summed E-state index contributed by atoms with van der Waals surface area (Å²) in [6, 6.07) is 9.11. The highest BCUT2D eigenvalue weighted by atomic mass is 16.5. The van der Waals surface area contributed by atoms with E-state index in [4.69, 9.17) is 4.74 Å². The molecule has 23 heavy (non-hydrogen) atoms. The van der Waals surface area contributed by atoms with Crippen molar-refractivity contribution in [3.05, 3.63) is 62.3 Å². The van der Waals surface area contributed by atoms with Crippen LogP contribution in [0.25, 0.3) is 16.6 Å². The second kappa shape index (κ2) is 5.89. The molecule has 0 radical (unpaired) electrons. The van der Waals surface area contributed by atoms with Crippen LogP contribution in [-0.2, 0) is 11.3 Å². The number of hydrogen-bond donors (Lipinski definition) is 1. The Labute approximate surface area is 132 Å². The molecule has 0 aliphatic rings. The first kappa shape index (κ1) is 15.3. The summed E-state index contributed by atoms with van der Waals surface area (Å²) in [5.74, 6) is 0. The fourth-order valence-corrected chi connectivity index (χ4v) is 2.82. The Balaban J connectivity index is 2.25. The molecule has 0 spiro atoms. The Kier molecular flexibility index (Phi) is 3.92. The highest BCUT2D eigenvalue weighted by Gasteiger charge is 2.15. The third kappa shape index (κ3) is 2.61. The summed E-state index contributed by atoms with van der Waals surface area (Å²) in [5, 5.41) is 3.56. The minimum atomic E-state index is -0.158. The van der Waals surface area contributed by atoms with E-state index in [1.54, 1.807) is 18.6 Å². The van der Waals surface area contributed by atoms with Crippen molar-refractivity contribution >= 4 is 10.9 Å². The second-order valence-electron chi connectivity index (χ2n) is 5.59. The van der Waals surface area contributed by atoms with Gasteiger partial charge in [-0.25, -0.2) is 4.68 Å². The number of hydrogen-bond acceptors (Lipinski definition) is 3. The van der Waals surface area contributed by atoms with Gasteiger partial charge in [-0.1, -0.05) is 12.1 Å². The number of H-pyrrole nitrogens is 1. The van der Waals surface area contributed by atoms with Gasteiger partial charge in [0.2, 0.25) is 0 Å². The average molecular weight is 313 g/mol. The third-order valence-electron chi connectivity index (χ3n) is 4.00. The van der Waals surface area contributed by atoms with Crippen LogP contribution in [0.2, 0.25) is 0 Å². The number of pyridine rings is 1. The maximum atomic E-state index is 12.8.